The summed E-state index contributed by atoms with van der Waals surface area (Å²) in [6.07, 6.45) is 1.48. The topological polar surface area (TPSA) is 70.7 Å². The van der Waals surface area contributed by atoms with Crippen molar-refractivity contribution in [2.24, 2.45) is 5.92 Å². The number of benzene rings is 2. The highest BCUT2D eigenvalue weighted by Crippen LogP contribution is 2.34. The largest absolute Gasteiger partial charge is 0.497 e. The molecule has 0 saturated carbocycles. The summed E-state index contributed by atoms with van der Waals surface area (Å²) in [5.74, 6) is 0.418. The molecule has 6 heteroatoms. The van der Waals surface area contributed by atoms with Gasteiger partial charge in [0.15, 0.2) is 0 Å². The number of hydrogen-bond donors (Lipinski definition) is 2. The zero-order chi connectivity index (χ0) is 20.8. The molecule has 29 heavy (non-hydrogen) atoms. The molecule has 0 radical (unpaired) electrons. The van der Waals surface area contributed by atoms with Crippen molar-refractivity contribution < 1.29 is 14.3 Å². The Labute approximate surface area is 172 Å². The van der Waals surface area contributed by atoms with Crippen LogP contribution in [0.5, 0.6) is 5.75 Å². The second-order valence-electron chi connectivity index (χ2n) is 7.68. The summed E-state index contributed by atoms with van der Waals surface area (Å²) in [5, 5.41) is 5.94. The third kappa shape index (κ3) is 5.28. The van der Waals surface area contributed by atoms with Gasteiger partial charge in [0.25, 0.3) is 0 Å². The maximum atomic E-state index is 12.9. The minimum Gasteiger partial charge on any atom is -0.497 e. The summed E-state index contributed by atoms with van der Waals surface area (Å²) in [7, 11) is 1.61. The molecule has 0 aliphatic carbocycles. The number of rotatable bonds is 5. The first-order valence-corrected chi connectivity index (χ1v) is 10.0. The van der Waals surface area contributed by atoms with Gasteiger partial charge in [0, 0.05) is 18.3 Å². The molecule has 3 amide bonds. The first-order chi connectivity index (χ1) is 14.0. The van der Waals surface area contributed by atoms with Gasteiger partial charge in [-0.2, -0.15) is 0 Å². The number of anilines is 1. The number of ether oxygens (including phenoxy) is 1. The van der Waals surface area contributed by atoms with Crippen LogP contribution in [0.3, 0.4) is 0 Å². The van der Waals surface area contributed by atoms with E-state index in [0.717, 1.165) is 29.8 Å². The van der Waals surface area contributed by atoms with Crippen molar-refractivity contribution in [2.75, 3.05) is 19.0 Å². The Kier molecular flexibility index (Phi) is 6.75. The van der Waals surface area contributed by atoms with Gasteiger partial charge in [-0.25, -0.2) is 4.79 Å². The lowest BCUT2D eigenvalue weighted by molar-refractivity contribution is -0.121. The monoisotopic (exact) mass is 395 g/mol. The molecule has 6 nitrogen and oxygen atoms in total. The van der Waals surface area contributed by atoms with Crippen LogP contribution in [0.15, 0.2) is 54.6 Å². The number of amides is 3. The van der Waals surface area contributed by atoms with Crippen LogP contribution in [-0.4, -0.2) is 36.5 Å². The van der Waals surface area contributed by atoms with E-state index < -0.39 is 0 Å². The number of hydrogen-bond acceptors (Lipinski definition) is 3. The van der Waals surface area contributed by atoms with E-state index in [1.165, 1.54) is 0 Å². The van der Waals surface area contributed by atoms with Crippen molar-refractivity contribution in [2.45, 2.75) is 38.8 Å². The molecule has 1 aliphatic heterocycles. The van der Waals surface area contributed by atoms with Crippen molar-refractivity contribution in [3.05, 3.63) is 60.2 Å². The lowest BCUT2D eigenvalue weighted by Crippen LogP contribution is -2.50. The number of methoxy groups -OCH3 is 1. The van der Waals surface area contributed by atoms with Crippen LogP contribution >= 0.6 is 0 Å². The lowest BCUT2D eigenvalue weighted by Gasteiger charge is -2.39. The smallest absolute Gasteiger partial charge is 0.318 e. The summed E-state index contributed by atoms with van der Waals surface area (Å²) >= 11 is 0. The molecular formula is C23H29N3O3. The highest BCUT2D eigenvalue weighted by Gasteiger charge is 2.35. The zero-order valence-corrected chi connectivity index (χ0v) is 17.2. The van der Waals surface area contributed by atoms with E-state index in [0.29, 0.717) is 6.54 Å². The van der Waals surface area contributed by atoms with Gasteiger partial charge < -0.3 is 20.3 Å². The number of urea groups is 1. The van der Waals surface area contributed by atoms with Gasteiger partial charge in [-0.3, -0.25) is 4.79 Å². The number of carbonyl (C=O) groups excluding carboxylic acids is 2. The molecule has 1 heterocycles. The van der Waals surface area contributed by atoms with E-state index in [-0.39, 0.29) is 29.9 Å². The van der Waals surface area contributed by atoms with E-state index >= 15 is 0 Å². The molecule has 2 unspecified atom stereocenters. The molecule has 1 fully saturated rings. The minimum absolute atomic E-state index is 0.0278. The van der Waals surface area contributed by atoms with E-state index in [1.807, 2.05) is 68.4 Å². The van der Waals surface area contributed by atoms with Gasteiger partial charge in [-0.05, 0) is 56.5 Å². The van der Waals surface area contributed by atoms with Gasteiger partial charge in [0.1, 0.15) is 5.75 Å². The lowest BCUT2D eigenvalue weighted by atomic mass is 9.88. The van der Waals surface area contributed by atoms with Crippen molar-refractivity contribution in [1.29, 1.82) is 0 Å². The average molecular weight is 396 g/mol. The fraction of sp³-hybridized carbons (Fsp3) is 0.391. The van der Waals surface area contributed by atoms with E-state index in [4.69, 9.17) is 4.74 Å². The predicted octanol–water partition coefficient (Wildman–Crippen LogP) is 4.21. The van der Waals surface area contributed by atoms with Gasteiger partial charge in [-0.15, -0.1) is 0 Å². The first-order valence-electron chi connectivity index (χ1n) is 10.0. The maximum absolute atomic E-state index is 12.9. The summed E-state index contributed by atoms with van der Waals surface area (Å²) in [4.78, 5) is 27.5. The standard InChI is InChI=1S/C23H29N3O3/c1-16(2)24-23(28)26-15-18(9-14-21(26)17-7-5-4-6-8-17)22(27)25-19-10-12-20(29-3)13-11-19/h4-8,10-13,16,18,21H,9,14-15H2,1-3H3,(H,24,28)(H,25,27). The molecule has 2 atom stereocenters. The molecule has 2 N–H and O–H groups in total. The molecule has 0 bridgehead atoms. The van der Waals surface area contributed by atoms with E-state index in [1.54, 1.807) is 12.0 Å². The molecule has 1 saturated heterocycles. The minimum atomic E-state index is -0.255. The quantitative estimate of drug-likeness (QED) is 0.797. The fourth-order valence-corrected chi connectivity index (χ4v) is 3.68. The third-order valence-corrected chi connectivity index (χ3v) is 5.17. The summed E-state index contributed by atoms with van der Waals surface area (Å²) in [6, 6.07) is 17.1. The number of likely N-dealkylation sites (tertiary alicyclic amines) is 1. The zero-order valence-electron chi connectivity index (χ0n) is 17.2. The fourth-order valence-electron chi connectivity index (χ4n) is 3.68. The van der Waals surface area contributed by atoms with Gasteiger partial charge in [0.2, 0.25) is 5.91 Å². The first kappa shape index (κ1) is 20.7. The second kappa shape index (κ2) is 9.45. The average Bonchev–Trinajstić information content (AvgIpc) is 2.74. The molecular weight excluding hydrogens is 366 g/mol. The molecule has 3 rings (SSSR count). The van der Waals surface area contributed by atoms with E-state index in [2.05, 4.69) is 10.6 Å². The van der Waals surface area contributed by atoms with Crippen LogP contribution < -0.4 is 15.4 Å². The Balaban J connectivity index is 1.73. The Morgan fingerprint density at radius 2 is 1.72 bits per heavy atom. The second-order valence-corrected chi connectivity index (χ2v) is 7.68. The maximum Gasteiger partial charge on any atom is 0.318 e. The van der Waals surface area contributed by atoms with Crippen LogP contribution in [0, 0.1) is 5.92 Å². The van der Waals surface area contributed by atoms with Gasteiger partial charge in [-0.1, -0.05) is 30.3 Å². The molecule has 0 aromatic heterocycles. The van der Waals surface area contributed by atoms with Crippen molar-refractivity contribution >= 4 is 17.6 Å². The van der Waals surface area contributed by atoms with Crippen LogP contribution in [0.4, 0.5) is 10.5 Å². The third-order valence-electron chi connectivity index (χ3n) is 5.17. The van der Waals surface area contributed by atoms with E-state index in [9.17, 15) is 9.59 Å². The number of nitrogens with one attached hydrogen (secondary N) is 2. The van der Waals surface area contributed by atoms with Crippen molar-refractivity contribution in [3.63, 3.8) is 0 Å². The summed E-state index contributed by atoms with van der Waals surface area (Å²) in [6.45, 7) is 4.26. The highest BCUT2D eigenvalue weighted by molar-refractivity contribution is 5.93. The van der Waals surface area contributed by atoms with Crippen LogP contribution in [0.2, 0.25) is 0 Å². The SMILES string of the molecule is COc1ccc(NC(=O)C2CCC(c3ccccc3)N(C(=O)NC(C)C)C2)cc1. The van der Waals surface area contributed by atoms with Crippen molar-refractivity contribution in [3.8, 4) is 5.75 Å². The van der Waals surface area contributed by atoms with Crippen LogP contribution in [0.25, 0.3) is 0 Å². The summed E-state index contributed by atoms with van der Waals surface area (Å²) < 4.78 is 5.15. The number of piperidine rings is 1. The molecule has 2 aromatic carbocycles. The number of nitrogens with zero attached hydrogens (tertiary/aromatic N) is 1. The Bertz CT molecular complexity index is 821. The van der Waals surface area contributed by atoms with Crippen LogP contribution in [0.1, 0.15) is 38.3 Å². The molecule has 154 valence electrons. The predicted molar refractivity (Wildman–Crippen MR) is 114 cm³/mol. The summed E-state index contributed by atoms with van der Waals surface area (Å²) in [5.41, 5.74) is 1.82. The normalized spacial score (nSPS) is 19.0. The van der Waals surface area contributed by atoms with Crippen molar-refractivity contribution in [1.82, 2.24) is 10.2 Å². The van der Waals surface area contributed by atoms with Crippen LogP contribution in [-0.2, 0) is 4.79 Å². The number of carbonyl (C=O) groups is 2. The molecule has 0 spiro atoms. The Hall–Kier alpha value is -3.02. The molecule has 2 aromatic rings. The van der Waals surface area contributed by atoms with Gasteiger partial charge in [0.05, 0.1) is 19.1 Å². The highest BCUT2D eigenvalue weighted by atomic mass is 16.5. The van der Waals surface area contributed by atoms with Gasteiger partial charge >= 0.3 is 6.03 Å². The Morgan fingerprint density at radius 1 is 1.03 bits per heavy atom. The molecule has 1 aliphatic rings. The Morgan fingerprint density at radius 3 is 2.34 bits per heavy atom.